The van der Waals surface area contributed by atoms with Crippen molar-refractivity contribution in [3.8, 4) is 11.4 Å². The summed E-state index contributed by atoms with van der Waals surface area (Å²) in [7, 11) is 0. The van der Waals surface area contributed by atoms with Gasteiger partial charge >= 0.3 is 6.01 Å². The van der Waals surface area contributed by atoms with Gasteiger partial charge in [-0.15, -0.1) is 5.10 Å². The molecule has 3 aromatic rings. The highest BCUT2D eigenvalue weighted by atomic mass is 16.4. The lowest BCUT2D eigenvalue weighted by atomic mass is 10.1. The minimum absolute atomic E-state index is 0.0637. The molecule has 2 aliphatic rings. The summed E-state index contributed by atoms with van der Waals surface area (Å²) in [4.78, 5) is 4.51. The number of anilines is 1. The lowest BCUT2D eigenvalue weighted by molar-refractivity contribution is 0.165. The fraction of sp³-hybridized carbons (Fsp3) is 0.450. The van der Waals surface area contributed by atoms with Crippen LogP contribution in [0.2, 0.25) is 0 Å². The molecule has 27 heavy (non-hydrogen) atoms. The van der Waals surface area contributed by atoms with Gasteiger partial charge in [0.15, 0.2) is 0 Å². The van der Waals surface area contributed by atoms with Gasteiger partial charge in [-0.2, -0.15) is 0 Å². The van der Waals surface area contributed by atoms with E-state index >= 15 is 0 Å². The zero-order valence-corrected chi connectivity index (χ0v) is 15.0. The molecule has 7 nitrogen and oxygen atoms in total. The Hall–Kier alpha value is -2.67. The van der Waals surface area contributed by atoms with Gasteiger partial charge in [-0.1, -0.05) is 35.4 Å². The Morgan fingerprint density at radius 1 is 1.15 bits per heavy atom. The predicted octanol–water partition coefficient (Wildman–Crippen LogP) is 3.06. The number of hydrogen-bond donors (Lipinski definition) is 2. The van der Waals surface area contributed by atoms with Gasteiger partial charge in [-0.05, 0) is 31.6 Å². The molecule has 2 fully saturated rings. The van der Waals surface area contributed by atoms with E-state index in [-0.39, 0.29) is 6.04 Å². The topological polar surface area (TPSA) is 89.0 Å². The summed E-state index contributed by atoms with van der Waals surface area (Å²) in [6, 6.07) is 10.5. The molecule has 7 heteroatoms. The molecular weight excluding hydrogens is 342 g/mol. The second-order valence-electron chi connectivity index (χ2n) is 7.64. The Kier molecular flexibility index (Phi) is 4.16. The van der Waals surface area contributed by atoms with Crippen LogP contribution in [0.5, 0.6) is 0 Å². The van der Waals surface area contributed by atoms with Crippen molar-refractivity contribution in [2.75, 3.05) is 5.32 Å². The van der Waals surface area contributed by atoms with Crippen LogP contribution in [-0.2, 0) is 6.54 Å². The van der Waals surface area contributed by atoms with Crippen LogP contribution in [0.15, 0.2) is 47.1 Å². The maximum Gasteiger partial charge on any atom is 0.315 e. The van der Waals surface area contributed by atoms with Crippen LogP contribution in [0, 0.1) is 5.92 Å². The summed E-state index contributed by atoms with van der Waals surface area (Å²) in [5.41, 5.74) is 1.11. The fourth-order valence-corrected chi connectivity index (χ4v) is 3.95. The van der Waals surface area contributed by atoms with E-state index in [2.05, 4.69) is 37.2 Å². The van der Waals surface area contributed by atoms with Gasteiger partial charge in [0, 0.05) is 30.4 Å². The number of aliphatic hydroxyl groups is 1. The molecule has 0 amide bonds. The molecule has 0 bridgehead atoms. The van der Waals surface area contributed by atoms with Crippen molar-refractivity contribution in [3.05, 3.63) is 48.6 Å². The van der Waals surface area contributed by atoms with Crippen LogP contribution in [0.3, 0.4) is 0 Å². The van der Waals surface area contributed by atoms with Crippen molar-refractivity contribution in [2.24, 2.45) is 5.92 Å². The van der Waals surface area contributed by atoms with Crippen molar-refractivity contribution in [2.45, 2.75) is 50.3 Å². The lowest BCUT2D eigenvalue weighted by Gasteiger charge is -2.14. The highest BCUT2D eigenvalue weighted by Gasteiger charge is 2.35. The first-order chi connectivity index (χ1) is 13.3. The van der Waals surface area contributed by atoms with Crippen molar-refractivity contribution in [1.29, 1.82) is 0 Å². The van der Waals surface area contributed by atoms with E-state index in [1.165, 1.54) is 0 Å². The SMILES string of the molecule is O[C@@H]1CC(Cn2ccnc2-c2ccccc2)C[C@H]1Nc1nnc(C2CC2)o1. The van der Waals surface area contributed by atoms with Gasteiger partial charge in [-0.3, -0.25) is 0 Å². The van der Waals surface area contributed by atoms with Crippen molar-refractivity contribution in [1.82, 2.24) is 19.7 Å². The Morgan fingerprint density at radius 3 is 2.81 bits per heavy atom. The number of nitrogens with one attached hydrogen (secondary N) is 1. The molecule has 0 saturated heterocycles. The summed E-state index contributed by atoms with van der Waals surface area (Å²) in [5.74, 6) is 2.48. The molecule has 1 aromatic carbocycles. The minimum atomic E-state index is -0.421. The normalized spacial score (nSPS) is 25.0. The summed E-state index contributed by atoms with van der Waals surface area (Å²) >= 11 is 0. The molecule has 1 unspecified atom stereocenters. The largest absolute Gasteiger partial charge is 0.408 e. The van der Waals surface area contributed by atoms with Crippen LogP contribution < -0.4 is 5.32 Å². The highest BCUT2D eigenvalue weighted by Crippen LogP contribution is 2.40. The van der Waals surface area contributed by atoms with Crippen LogP contribution in [0.1, 0.15) is 37.5 Å². The average Bonchev–Trinajstić information content (AvgIpc) is 3.09. The zero-order valence-electron chi connectivity index (χ0n) is 15.0. The first-order valence-electron chi connectivity index (χ1n) is 9.61. The summed E-state index contributed by atoms with van der Waals surface area (Å²) < 4.78 is 7.85. The first kappa shape index (κ1) is 16.5. The third kappa shape index (κ3) is 3.47. The van der Waals surface area contributed by atoms with Crippen LogP contribution in [0.25, 0.3) is 11.4 Å². The standard InChI is InChI=1S/C20H23N5O2/c26-17-11-13(10-16(17)22-20-24-23-19(27-20)15-6-7-15)12-25-9-8-21-18(25)14-4-2-1-3-5-14/h1-5,8-9,13,15-17,26H,6-7,10-12H2,(H,22,24)/t13?,16-,17-/m1/s1. The van der Waals surface area contributed by atoms with E-state index in [0.717, 1.165) is 43.6 Å². The molecule has 2 saturated carbocycles. The van der Waals surface area contributed by atoms with Crippen molar-refractivity contribution in [3.63, 3.8) is 0 Å². The maximum atomic E-state index is 10.5. The molecule has 0 aliphatic heterocycles. The van der Waals surface area contributed by atoms with Gasteiger partial charge in [0.25, 0.3) is 0 Å². The van der Waals surface area contributed by atoms with E-state index < -0.39 is 6.10 Å². The zero-order chi connectivity index (χ0) is 18.2. The van der Waals surface area contributed by atoms with Crippen LogP contribution in [-0.4, -0.2) is 37.0 Å². The number of imidazole rings is 1. The second-order valence-corrected chi connectivity index (χ2v) is 7.64. The molecule has 3 atom stereocenters. The molecule has 2 aromatic heterocycles. The first-order valence-corrected chi connectivity index (χ1v) is 9.61. The van der Waals surface area contributed by atoms with Gasteiger partial charge < -0.3 is 19.4 Å². The molecule has 5 rings (SSSR count). The monoisotopic (exact) mass is 365 g/mol. The number of aliphatic hydroxyl groups excluding tert-OH is 1. The van der Waals surface area contributed by atoms with Gasteiger partial charge in [0.2, 0.25) is 5.89 Å². The van der Waals surface area contributed by atoms with Crippen molar-refractivity contribution >= 4 is 6.01 Å². The molecule has 140 valence electrons. The average molecular weight is 365 g/mol. The van der Waals surface area contributed by atoms with E-state index in [4.69, 9.17) is 4.42 Å². The Balaban J connectivity index is 1.24. The number of hydrogen-bond acceptors (Lipinski definition) is 6. The van der Waals surface area contributed by atoms with E-state index in [1.54, 1.807) is 0 Å². The quantitative estimate of drug-likeness (QED) is 0.698. The molecular formula is C20H23N5O2. The van der Waals surface area contributed by atoms with Crippen LogP contribution in [0.4, 0.5) is 6.01 Å². The summed E-state index contributed by atoms with van der Waals surface area (Å²) in [6.07, 6.45) is 7.28. The fourth-order valence-electron chi connectivity index (χ4n) is 3.95. The number of benzene rings is 1. The van der Waals surface area contributed by atoms with Gasteiger partial charge in [0.05, 0.1) is 12.1 Å². The van der Waals surface area contributed by atoms with E-state index in [9.17, 15) is 5.11 Å². The maximum absolute atomic E-state index is 10.5. The van der Waals surface area contributed by atoms with Gasteiger partial charge in [-0.25, -0.2) is 4.98 Å². The van der Waals surface area contributed by atoms with E-state index in [0.29, 0.717) is 23.7 Å². The number of aromatic nitrogens is 4. The minimum Gasteiger partial charge on any atom is -0.408 e. The predicted molar refractivity (Wildman–Crippen MR) is 100 cm³/mol. The van der Waals surface area contributed by atoms with Crippen molar-refractivity contribution < 1.29 is 9.52 Å². The number of nitrogens with zero attached hydrogens (tertiary/aromatic N) is 4. The highest BCUT2D eigenvalue weighted by molar-refractivity contribution is 5.55. The third-order valence-corrected chi connectivity index (χ3v) is 5.51. The summed E-state index contributed by atoms with van der Waals surface area (Å²) in [6.45, 7) is 0.830. The molecule has 0 radical (unpaired) electrons. The number of rotatable bonds is 6. The molecule has 2 N–H and O–H groups in total. The summed E-state index contributed by atoms with van der Waals surface area (Å²) in [5, 5.41) is 21.9. The molecule has 2 aliphatic carbocycles. The third-order valence-electron chi connectivity index (χ3n) is 5.51. The van der Waals surface area contributed by atoms with Crippen LogP contribution >= 0.6 is 0 Å². The second kappa shape index (κ2) is 6.81. The van der Waals surface area contributed by atoms with Gasteiger partial charge in [0.1, 0.15) is 5.82 Å². The Bertz CT molecular complexity index is 902. The Morgan fingerprint density at radius 2 is 2.00 bits per heavy atom. The molecule has 0 spiro atoms. The molecule has 2 heterocycles. The Labute approximate surface area is 157 Å². The lowest BCUT2D eigenvalue weighted by Crippen LogP contribution is -2.28. The smallest absolute Gasteiger partial charge is 0.315 e. The van der Waals surface area contributed by atoms with E-state index in [1.807, 2.05) is 30.6 Å².